The fraction of sp³-hybridized carbons (Fsp3) is 0.321. The van der Waals surface area contributed by atoms with Crippen molar-refractivity contribution in [2.75, 3.05) is 18.5 Å². The van der Waals surface area contributed by atoms with Crippen LogP contribution in [0.25, 0.3) is 10.8 Å². The Labute approximate surface area is 224 Å². The number of benzene rings is 2. The van der Waals surface area contributed by atoms with Gasteiger partial charge in [0, 0.05) is 46.9 Å². The number of likely N-dealkylation sites (tertiary alicyclic amines) is 1. The molecule has 9 nitrogen and oxygen atoms in total. The molecule has 0 bridgehead atoms. The van der Waals surface area contributed by atoms with Crippen LogP contribution in [-0.4, -0.2) is 50.0 Å². The quantitative estimate of drug-likeness (QED) is 0.383. The Morgan fingerprint density at radius 2 is 2.08 bits per heavy atom. The number of aromatic amines is 1. The van der Waals surface area contributed by atoms with Crippen molar-refractivity contribution in [1.82, 2.24) is 25.1 Å². The summed E-state index contributed by atoms with van der Waals surface area (Å²) in [6.07, 6.45) is 7.81. The minimum atomic E-state index is -1.18. The van der Waals surface area contributed by atoms with E-state index in [4.69, 9.17) is 16.3 Å². The Balaban J connectivity index is 1.39. The summed E-state index contributed by atoms with van der Waals surface area (Å²) in [6.45, 7) is 0.892. The SMILES string of the molecule is O=C(C[C@@]1(C(=O)Nc2cncc3ccccc23)CCOc2ccc(Cl)cc21)N1CCCC[C@@H]1c1ncn[nH]1. The second kappa shape index (κ2) is 10.1. The van der Waals surface area contributed by atoms with Crippen LogP contribution in [0.15, 0.2) is 61.2 Å². The molecule has 6 rings (SSSR count). The summed E-state index contributed by atoms with van der Waals surface area (Å²) < 4.78 is 5.91. The zero-order valence-corrected chi connectivity index (χ0v) is 21.4. The van der Waals surface area contributed by atoms with Gasteiger partial charge in [-0.25, -0.2) is 4.98 Å². The van der Waals surface area contributed by atoms with Crippen LogP contribution < -0.4 is 10.1 Å². The standard InChI is InChI=1S/C28H27ClN6O3/c29-19-8-9-24-21(13-19)28(10-12-38-24,27(37)33-22-16-30-15-18-5-1-2-6-20(18)22)14-25(36)35-11-4-3-7-23(35)26-31-17-32-34-26/h1-2,5-6,8-9,13,15-17,23H,3-4,7,10-12,14H2,(H,33,37)(H,31,32,34)/t23-,28+/m1/s1. The summed E-state index contributed by atoms with van der Waals surface area (Å²) in [5.74, 6) is 0.813. The first-order valence-electron chi connectivity index (χ1n) is 12.8. The van der Waals surface area contributed by atoms with Crippen molar-refractivity contribution < 1.29 is 14.3 Å². The molecule has 194 valence electrons. The molecular weight excluding hydrogens is 504 g/mol. The smallest absolute Gasteiger partial charge is 0.235 e. The summed E-state index contributed by atoms with van der Waals surface area (Å²) in [4.78, 5) is 38.8. The van der Waals surface area contributed by atoms with Crippen molar-refractivity contribution in [1.29, 1.82) is 0 Å². The molecule has 4 aromatic rings. The molecule has 1 fully saturated rings. The summed E-state index contributed by atoms with van der Waals surface area (Å²) in [5, 5.41) is 12.3. The van der Waals surface area contributed by atoms with E-state index in [1.165, 1.54) is 6.33 Å². The molecule has 2 amide bonds. The Bertz CT molecular complexity index is 1490. The number of aromatic nitrogens is 4. The highest BCUT2D eigenvalue weighted by Crippen LogP contribution is 2.45. The number of fused-ring (bicyclic) bond motifs is 2. The maximum Gasteiger partial charge on any atom is 0.235 e. The Hall–Kier alpha value is -3.98. The molecule has 2 aliphatic rings. The third-order valence-electron chi connectivity index (χ3n) is 7.62. The van der Waals surface area contributed by atoms with Gasteiger partial charge in [-0.05, 0) is 37.5 Å². The lowest BCUT2D eigenvalue weighted by molar-refractivity contribution is -0.140. The first-order valence-corrected chi connectivity index (χ1v) is 13.1. The van der Waals surface area contributed by atoms with Crippen LogP contribution in [-0.2, 0) is 15.0 Å². The Morgan fingerprint density at radius 1 is 1.18 bits per heavy atom. The van der Waals surface area contributed by atoms with Crippen LogP contribution in [0.1, 0.15) is 49.5 Å². The number of piperidine rings is 1. The first-order chi connectivity index (χ1) is 18.5. The van der Waals surface area contributed by atoms with E-state index in [0.717, 1.165) is 30.0 Å². The molecule has 10 heteroatoms. The zero-order chi connectivity index (χ0) is 26.1. The van der Waals surface area contributed by atoms with Gasteiger partial charge >= 0.3 is 0 Å². The monoisotopic (exact) mass is 530 g/mol. The number of amides is 2. The number of H-pyrrole nitrogens is 1. The van der Waals surface area contributed by atoms with Gasteiger partial charge in [0.2, 0.25) is 11.8 Å². The van der Waals surface area contributed by atoms with E-state index in [2.05, 4.69) is 25.5 Å². The van der Waals surface area contributed by atoms with Gasteiger partial charge in [0.15, 0.2) is 0 Å². The van der Waals surface area contributed by atoms with Crippen molar-refractivity contribution in [3.63, 3.8) is 0 Å². The molecule has 2 aromatic carbocycles. The molecule has 0 radical (unpaired) electrons. The third kappa shape index (κ3) is 4.36. The topological polar surface area (TPSA) is 113 Å². The number of ether oxygens (including phenoxy) is 1. The van der Waals surface area contributed by atoms with Crippen molar-refractivity contribution >= 4 is 39.9 Å². The summed E-state index contributed by atoms with van der Waals surface area (Å²) in [6, 6.07) is 12.8. The molecule has 0 spiro atoms. The summed E-state index contributed by atoms with van der Waals surface area (Å²) >= 11 is 6.41. The van der Waals surface area contributed by atoms with Gasteiger partial charge in [-0.1, -0.05) is 35.9 Å². The zero-order valence-electron chi connectivity index (χ0n) is 20.7. The molecule has 2 atom stereocenters. The fourth-order valence-corrected chi connectivity index (χ4v) is 5.85. The number of hydrogen-bond acceptors (Lipinski definition) is 6. The van der Waals surface area contributed by atoms with Gasteiger partial charge < -0.3 is 15.0 Å². The number of halogens is 1. The van der Waals surface area contributed by atoms with Crippen molar-refractivity contribution in [2.45, 2.75) is 43.6 Å². The van der Waals surface area contributed by atoms with Gasteiger partial charge in [0.05, 0.1) is 29.9 Å². The van der Waals surface area contributed by atoms with Crippen LogP contribution in [0.5, 0.6) is 5.75 Å². The second-order valence-electron chi connectivity index (χ2n) is 9.83. The van der Waals surface area contributed by atoms with Gasteiger partial charge in [0.1, 0.15) is 17.9 Å². The van der Waals surface area contributed by atoms with E-state index in [0.29, 0.717) is 47.4 Å². The fourth-order valence-electron chi connectivity index (χ4n) is 5.68. The molecule has 0 unspecified atom stereocenters. The lowest BCUT2D eigenvalue weighted by Crippen LogP contribution is -2.49. The Morgan fingerprint density at radius 3 is 2.95 bits per heavy atom. The molecule has 2 aromatic heterocycles. The number of carbonyl (C=O) groups is 2. The van der Waals surface area contributed by atoms with E-state index in [1.807, 2.05) is 29.2 Å². The highest BCUT2D eigenvalue weighted by Gasteiger charge is 2.48. The predicted octanol–water partition coefficient (Wildman–Crippen LogP) is 4.81. The lowest BCUT2D eigenvalue weighted by Gasteiger charge is -2.40. The highest BCUT2D eigenvalue weighted by atomic mass is 35.5. The number of anilines is 1. The van der Waals surface area contributed by atoms with Crippen LogP contribution in [0, 0.1) is 0 Å². The number of hydrogen-bond donors (Lipinski definition) is 2. The molecule has 4 heterocycles. The summed E-state index contributed by atoms with van der Waals surface area (Å²) in [5.41, 5.74) is 0.0201. The van der Waals surface area contributed by atoms with Gasteiger partial charge in [-0.15, -0.1) is 0 Å². The molecule has 2 aliphatic heterocycles. The van der Waals surface area contributed by atoms with E-state index in [9.17, 15) is 9.59 Å². The minimum Gasteiger partial charge on any atom is -0.493 e. The van der Waals surface area contributed by atoms with E-state index in [1.54, 1.807) is 30.6 Å². The van der Waals surface area contributed by atoms with Crippen LogP contribution in [0.2, 0.25) is 5.02 Å². The van der Waals surface area contributed by atoms with Gasteiger partial charge in [-0.2, -0.15) is 5.10 Å². The predicted molar refractivity (Wildman–Crippen MR) is 143 cm³/mol. The molecule has 0 aliphatic carbocycles. The number of rotatable bonds is 5. The molecule has 0 saturated carbocycles. The van der Waals surface area contributed by atoms with Crippen molar-refractivity contribution in [3.05, 3.63) is 77.6 Å². The van der Waals surface area contributed by atoms with E-state index in [-0.39, 0.29) is 24.3 Å². The minimum absolute atomic E-state index is 0.0294. The number of carbonyl (C=O) groups excluding carboxylic acids is 2. The second-order valence-corrected chi connectivity index (χ2v) is 10.3. The van der Waals surface area contributed by atoms with Crippen molar-refractivity contribution in [3.8, 4) is 5.75 Å². The van der Waals surface area contributed by atoms with Crippen LogP contribution >= 0.6 is 11.6 Å². The largest absolute Gasteiger partial charge is 0.493 e. The van der Waals surface area contributed by atoms with Crippen LogP contribution in [0.4, 0.5) is 5.69 Å². The Kier molecular flexibility index (Phi) is 6.45. The first kappa shape index (κ1) is 24.4. The van der Waals surface area contributed by atoms with E-state index >= 15 is 0 Å². The van der Waals surface area contributed by atoms with Gasteiger partial charge in [-0.3, -0.25) is 19.7 Å². The summed E-state index contributed by atoms with van der Waals surface area (Å²) in [7, 11) is 0. The maximum atomic E-state index is 14.3. The van der Waals surface area contributed by atoms with Crippen LogP contribution in [0.3, 0.4) is 0 Å². The third-order valence-corrected chi connectivity index (χ3v) is 7.86. The maximum absolute atomic E-state index is 14.3. The van der Waals surface area contributed by atoms with Gasteiger partial charge in [0.25, 0.3) is 0 Å². The highest BCUT2D eigenvalue weighted by molar-refractivity contribution is 6.30. The lowest BCUT2D eigenvalue weighted by atomic mass is 9.72. The van der Waals surface area contributed by atoms with E-state index < -0.39 is 5.41 Å². The van der Waals surface area contributed by atoms with Crippen molar-refractivity contribution in [2.24, 2.45) is 0 Å². The number of pyridine rings is 1. The number of nitrogens with zero attached hydrogens (tertiary/aromatic N) is 4. The average molecular weight is 531 g/mol. The average Bonchev–Trinajstić information content (AvgIpc) is 3.48. The molecule has 1 saturated heterocycles. The number of nitrogens with one attached hydrogen (secondary N) is 2. The normalized spacial score (nSPS) is 21.0. The molecule has 2 N–H and O–H groups in total. The molecular formula is C28H27ClN6O3. The molecule has 38 heavy (non-hydrogen) atoms.